The van der Waals surface area contributed by atoms with Crippen molar-refractivity contribution < 1.29 is 5.11 Å². The lowest BCUT2D eigenvalue weighted by Crippen LogP contribution is -2.35. The van der Waals surface area contributed by atoms with Crippen LogP contribution in [-0.2, 0) is 6.42 Å². The maximum Gasteiger partial charge on any atom is 0.141 e. The van der Waals surface area contributed by atoms with Gasteiger partial charge in [0.15, 0.2) is 0 Å². The monoisotopic (exact) mass is 358 g/mol. The van der Waals surface area contributed by atoms with Gasteiger partial charge in [0.1, 0.15) is 17.0 Å². The Morgan fingerprint density at radius 3 is 2.80 bits per heavy atom. The molecule has 3 aromatic heterocycles. The quantitative estimate of drug-likeness (QED) is 0.771. The summed E-state index contributed by atoms with van der Waals surface area (Å²) in [5.41, 5.74) is 2.15. The van der Waals surface area contributed by atoms with Crippen molar-refractivity contribution >= 4 is 27.4 Å². The molecule has 0 radical (unpaired) electrons. The molecule has 7 nitrogen and oxygen atoms in total. The number of anilines is 1. The van der Waals surface area contributed by atoms with E-state index in [-0.39, 0.29) is 6.61 Å². The maximum absolute atomic E-state index is 9.02. The van der Waals surface area contributed by atoms with E-state index in [0.29, 0.717) is 12.5 Å². The molecular weight excluding hydrogens is 336 g/mol. The fraction of sp³-hybridized carbons (Fsp3) is 0.529. The molecule has 0 spiro atoms. The number of nitrogens with zero attached hydrogens (tertiary/aromatic N) is 6. The van der Waals surface area contributed by atoms with Gasteiger partial charge in [-0.25, -0.2) is 14.6 Å². The van der Waals surface area contributed by atoms with Crippen LogP contribution in [0, 0.1) is 13.8 Å². The summed E-state index contributed by atoms with van der Waals surface area (Å²) in [7, 11) is 0. The molecule has 0 saturated carbocycles. The highest BCUT2D eigenvalue weighted by atomic mass is 32.1. The summed E-state index contributed by atoms with van der Waals surface area (Å²) >= 11 is 1.74. The standard InChI is InChI=1S/C17H22N6OS/c1-11-12(2)25-17-15(11)16(18-10-19-17)22-6-3-14(4-7-22)23-9-13(5-8-24)20-21-23/h9-10,14,24H,3-8H2,1-2H3. The fourth-order valence-corrected chi connectivity index (χ4v) is 4.46. The van der Waals surface area contributed by atoms with Crippen molar-refractivity contribution in [2.75, 3.05) is 24.6 Å². The highest BCUT2D eigenvalue weighted by Gasteiger charge is 2.25. The van der Waals surface area contributed by atoms with Crippen LogP contribution in [0.15, 0.2) is 12.5 Å². The van der Waals surface area contributed by atoms with Gasteiger partial charge < -0.3 is 10.0 Å². The predicted octanol–water partition coefficient (Wildman–Crippen LogP) is 2.28. The van der Waals surface area contributed by atoms with E-state index in [1.807, 2.05) is 10.9 Å². The zero-order chi connectivity index (χ0) is 17.4. The van der Waals surface area contributed by atoms with E-state index in [2.05, 4.69) is 39.0 Å². The Morgan fingerprint density at radius 2 is 2.04 bits per heavy atom. The number of aliphatic hydroxyl groups excluding tert-OH is 1. The van der Waals surface area contributed by atoms with Gasteiger partial charge in [-0.1, -0.05) is 5.21 Å². The molecule has 8 heteroatoms. The number of aliphatic hydroxyl groups is 1. The highest BCUT2D eigenvalue weighted by molar-refractivity contribution is 7.18. The van der Waals surface area contributed by atoms with Gasteiger partial charge in [-0.2, -0.15) is 0 Å². The molecule has 1 N–H and O–H groups in total. The van der Waals surface area contributed by atoms with E-state index < -0.39 is 0 Å². The molecule has 1 saturated heterocycles. The lowest BCUT2D eigenvalue weighted by atomic mass is 10.0. The van der Waals surface area contributed by atoms with Crippen LogP contribution in [0.3, 0.4) is 0 Å². The summed E-state index contributed by atoms with van der Waals surface area (Å²) in [5.74, 6) is 1.06. The van der Waals surface area contributed by atoms with Crippen molar-refractivity contribution in [2.24, 2.45) is 0 Å². The zero-order valence-electron chi connectivity index (χ0n) is 14.5. The molecular formula is C17H22N6OS. The molecule has 0 amide bonds. The zero-order valence-corrected chi connectivity index (χ0v) is 15.3. The second kappa shape index (κ2) is 6.68. The van der Waals surface area contributed by atoms with E-state index in [1.165, 1.54) is 15.8 Å². The molecule has 0 aliphatic carbocycles. The van der Waals surface area contributed by atoms with Gasteiger partial charge in [0.2, 0.25) is 0 Å². The Labute approximate surface area is 150 Å². The molecule has 0 atom stereocenters. The molecule has 0 aromatic carbocycles. The van der Waals surface area contributed by atoms with E-state index in [0.717, 1.165) is 42.3 Å². The number of aromatic nitrogens is 5. The van der Waals surface area contributed by atoms with Crippen LogP contribution in [0.1, 0.15) is 35.0 Å². The third-order valence-corrected chi connectivity index (χ3v) is 6.12. The van der Waals surface area contributed by atoms with E-state index in [1.54, 1.807) is 17.7 Å². The van der Waals surface area contributed by atoms with E-state index in [4.69, 9.17) is 5.11 Å². The lowest BCUT2D eigenvalue weighted by Gasteiger charge is -2.33. The summed E-state index contributed by atoms with van der Waals surface area (Å²) in [5, 5.41) is 18.6. The molecule has 25 heavy (non-hydrogen) atoms. The van der Waals surface area contributed by atoms with Crippen LogP contribution in [0.5, 0.6) is 0 Å². The van der Waals surface area contributed by atoms with Crippen LogP contribution in [0.2, 0.25) is 0 Å². The normalized spacial score (nSPS) is 16.0. The van der Waals surface area contributed by atoms with Crippen molar-refractivity contribution in [3.05, 3.63) is 28.7 Å². The minimum Gasteiger partial charge on any atom is -0.396 e. The molecule has 4 rings (SSSR count). The van der Waals surface area contributed by atoms with Gasteiger partial charge in [0.25, 0.3) is 0 Å². The van der Waals surface area contributed by atoms with Crippen LogP contribution in [-0.4, -0.2) is 49.8 Å². The third-order valence-electron chi connectivity index (χ3n) is 5.01. The molecule has 3 aromatic rings. The van der Waals surface area contributed by atoms with Crippen LogP contribution in [0.25, 0.3) is 10.2 Å². The Bertz CT molecular complexity index is 881. The van der Waals surface area contributed by atoms with E-state index >= 15 is 0 Å². The summed E-state index contributed by atoms with van der Waals surface area (Å²) < 4.78 is 1.96. The SMILES string of the molecule is Cc1sc2ncnc(N3CCC(n4cc(CCO)nn4)CC3)c2c1C. The third kappa shape index (κ3) is 3.00. The van der Waals surface area contributed by atoms with Gasteiger partial charge in [0.05, 0.1) is 17.1 Å². The van der Waals surface area contributed by atoms with Gasteiger partial charge in [-0.05, 0) is 32.3 Å². The van der Waals surface area contributed by atoms with Crippen molar-refractivity contribution in [2.45, 2.75) is 39.2 Å². The first-order valence-electron chi connectivity index (χ1n) is 8.64. The first-order chi connectivity index (χ1) is 12.2. The van der Waals surface area contributed by atoms with Crippen molar-refractivity contribution in [3.63, 3.8) is 0 Å². The first-order valence-corrected chi connectivity index (χ1v) is 9.46. The van der Waals surface area contributed by atoms with Crippen molar-refractivity contribution in [1.82, 2.24) is 25.0 Å². The van der Waals surface area contributed by atoms with Gasteiger partial charge in [-0.15, -0.1) is 16.4 Å². The average Bonchev–Trinajstić information content (AvgIpc) is 3.21. The number of hydrogen-bond acceptors (Lipinski definition) is 7. The second-order valence-electron chi connectivity index (χ2n) is 6.54. The first kappa shape index (κ1) is 16.4. The average molecular weight is 358 g/mol. The van der Waals surface area contributed by atoms with Crippen molar-refractivity contribution in [3.8, 4) is 0 Å². The molecule has 132 valence electrons. The summed E-state index contributed by atoms with van der Waals surface area (Å²) in [6.45, 7) is 6.30. The van der Waals surface area contributed by atoms with Gasteiger partial charge in [-0.3, -0.25) is 0 Å². The molecule has 1 aliphatic rings. The number of rotatable bonds is 4. The fourth-order valence-electron chi connectivity index (χ4n) is 3.47. The molecule has 4 heterocycles. The van der Waals surface area contributed by atoms with E-state index in [9.17, 15) is 0 Å². The Morgan fingerprint density at radius 1 is 1.24 bits per heavy atom. The van der Waals surface area contributed by atoms with Crippen LogP contribution < -0.4 is 4.90 Å². The van der Waals surface area contributed by atoms with Crippen LogP contribution >= 0.6 is 11.3 Å². The molecule has 1 aliphatic heterocycles. The number of hydrogen-bond donors (Lipinski definition) is 1. The number of fused-ring (bicyclic) bond motifs is 1. The second-order valence-corrected chi connectivity index (χ2v) is 7.75. The smallest absolute Gasteiger partial charge is 0.141 e. The predicted molar refractivity (Wildman–Crippen MR) is 98.2 cm³/mol. The Balaban J connectivity index is 1.52. The minimum atomic E-state index is 0.111. The minimum absolute atomic E-state index is 0.111. The van der Waals surface area contributed by atoms with Gasteiger partial charge >= 0.3 is 0 Å². The molecule has 1 fully saturated rings. The number of aryl methyl sites for hydroxylation is 2. The number of thiophene rings is 1. The maximum atomic E-state index is 9.02. The molecule has 0 bridgehead atoms. The summed E-state index contributed by atoms with van der Waals surface area (Å²) in [6, 6.07) is 0.360. The lowest BCUT2D eigenvalue weighted by molar-refractivity contribution is 0.298. The summed E-state index contributed by atoms with van der Waals surface area (Å²) in [4.78, 5) is 13.8. The summed E-state index contributed by atoms with van der Waals surface area (Å²) in [6.07, 6.45) is 6.23. The Hall–Kier alpha value is -2.06. The van der Waals surface area contributed by atoms with Crippen molar-refractivity contribution in [1.29, 1.82) is 0 Å². The van der Waals surface area contributed by atoms with Gasteiger partial charge in [0, 0.05) is 37.2 Å². The molecule has 0 unspecified atom stereocenters. The Kier molecular flexibility index (Phi) is 4.39. The number of piperidine rings is 1. The largest absolute Gasteiger partial charge is 0.396 e. The highest BCUT2D eigenvalue weighted by Crippen LogP contribution is 2.36. The topological polar surface area (TPSA) is 80.0 Å². The van der Waals surface area contributed by atoms with Crippen LogP contribution in [0.4, 0.5) is 5.82 Å².